The van der Waals surface area contributed by atoms with E-state index < -0.39 is 14.8 Å². The molecule has 9 heteroatoms. The summed E-state index contributed by atoms with van der Waals surface area (Å²) in [6.07, 6.45) is 0.839. The Morgan fingerprint density at radius 2 is 2.04 bits per heavy atom. The van der Waals surface area contributed by atoms with Gasteiger partial charge in [-0.05, 0) is 23.8 Å². The molecule has 7 nitrogen and oxygen atoms in total. The smallest absolute Gasteiger partial charge is 0.270 e. The van der Waals surface area contributed by atoms with Gasteiger partial charge < -0.3 is 9.64 Å². The number of sulfone groups is 1. The van der Waals surface area contributed by atoms with Crippen LogP contribution >= 0.6 is 15.9 Å². The van der Waals surface area contributed by atoms with Gasteiger partial charge in [0.1, 0.15) is 6.10 Å². The van der Waals surface area contributed by atoms with Crippen molar-refractivity contribution >= 4 is 37.1 Å². The van der Waals surface area contributed by atoms with Gasteiger partial charge in [-0.15, -0.1) is 0 Å². The molecule has 1 aliphatic rings. The molecule has 1 unspecified atom stereocenters. The van der Waals surface area contributed by atoms with Crippen LogP contribution in [0.4, 0.5) is 11.4 Å². The highest BCUT2D eigenvalue weighted by Gasteiger charge is 2.27. The third-order valence-corrected chi connectivity index (χ3v) is 5.80. The highest BCUT2D eigenvalue weighted by Crippen LogP contribution is 2.33. The normalized spacial score (nSPS) is 17.9. The van der Waals surface area contributed by atoms with Crippen molar-refractivity contribution in [3.63, 3.8) is 0 Å². The fourth-order valence-electron chi connectivity index (χ4n) is 2.95. The van der Waals surface area contributed by atoms with Gasteiger partial charge in [0.05, 0.1) is 22.1 Å². The third kappa shape index (κ3) is 4.05. The zero-order valence-corrected chi connectivity index (χ0v) is 16.4. The fourth-order valence-corrected chi connectivity index (χ4v) is 4.28. The number of halogens is 1. The molecule has 1 atom stereocenters. The number of rotatable bonds is 4. The average Bonchev–Trinajstić information content (AvgIpc) is 2.60. The van der Waals surface area contributed by atoms with Crippen molar-refractivity contribution in [2.24, 2.45) is 0 Å². The predicted octanol–water partition coefficient (Wildman–Crippen LogP) is 3.34. The number of anilines is 1. The van der Waals surface area contributed by atoms with Crippen LogP contribution in [0.3, 0.4) is 0 Å². The van der Waals surface area contributed by atoms with E-state index in [-0.39, 0.29) is 16.7 Å². The summed E-state index contributed by atoms with van der Waals surface area (Å²) < 4.78 is 31.1. The number of benzene rings is 2. The highest BCUT2D eigenvalue weighted by atomic mass is 79.9. The monoisotopic (exact) mass is 440 g/mol. The van der Waals surface area contributed by atoms with Crippen LogP contribution < -0.4 is 4.90 Å². The minimum atomic E-state index is -3.62. The fraction of sp³-hybridized carbons (Fsp3) is 0.294. The molecule has 1 aliphatic heterocycles. The Kier molecular flexibility index (Phi) is 5.31. The molecule has 1 fully saturated rings. The number of nitrogens with zero attached hydrogens (tertiary/aromatic N) is 2. The Bertz CT molecular complexity index is 948. The lowest BCUT2D eigenvalue weighted by Crippen LogP contribution is -2.39. The zero-order valence-electron chi connectivity index (χ0n) is 14.0. The molecule has 3 rings (SSSR count). The van der Waals surface area contributed by atoms with E-state index in [1.54, 1.807) is 0 Å². The molecule has 26 heavy (non-hydrogen) atoms. The van der Waals surface area contributed by atoms with Gasteiger partial charge in [0.2, 0.25) is 0 Å². The van der Waals surface area contributed by atoms with Gasteiger partial charge in [-0.25, -0.2) is 8.42 Å². The first kappa shape index (κ1) is 18.8. The largest absolute Gasteiger partial charge is 0.370 e. The molecule has 0 N–H and O–H groups in total. The first-order chi connectivity index (χ1) is 12.3. The zero-order chi connectivity index (χ0) is 18.9. The molecule has 0 spiro atoms. The molecule has 2 aromatic carbocycles. The van der Waals surface area contributed by atoms with Crippen molar-refractivity contribution in [3.8, 4) is 0 Å². The van der Waals surface area contributed by atoms with Gasteiger partial charge in [0.25, 0.3) is 5.69 Å². The lowest BCUT2D eigenvalue weighted by molar-refractivity contribution is -0.385. The maximum absolute atomic E-state index is 12.2. The van der Waals surface area contributed by atoms with Crippen LogP contribution in [-0.2, 0) is 14.6 Å². The number of nitro benzene ring substituents is 1. The summed E-state index contributed by atoms with van der Waals surface area (Å²) in [4.78, 5) is 12.3. The third-order valence-electron chi connectivity index (χ3n) is 4.18. The van der Waals surface area contributed by atoms with Crippen LogP contribution in [0.5, 0.6) is 0 Å². The predicted molar refractivity (Wildman–Crippen MR) is 101 cm³/mol. The van der Waals surface area contributed by atoms with Crippen molar-refractivity contribution in [3.05, 3.63) is 62.6 Å². The second-order valence-corrected chi connectivity index (χ2v) is 8.94. The lowest BCUT2D eigenvalue weighted by atomic mass is 10.1. The number of nitro groups is 1. The van der Waals surface area contributed by atoms with E-state index in [4.69, 9.17) is 4.74 Å². The molecule has 0 saturated carbocycles. The van der Waals surface area contributed by atoms with E-state index in [1.165, 1.54) is 12.1 Å². The summed E-state index contributed by atoms with van der Waals surface area (Å²) >= 11 is 3.44. The first-order valence-corrected chi connectivity index (χ1v) is 10.5. The molecule has 0 aliphatic carbocycles. The van der Waals surface area contributed by atoms with Crippen LogP contribution in [0.15, 0.2) is 51.8 Å². The Morgan fingerprint density at radius 3 is 2.69 bits per heavy atom. The van der Waals surface area contributed by atoms with E-state index in [9.17, 15) is 18.5 Å². The lowest BCUT2D eigenvalue weighted by Gasteiger charge is -2.35. The summed E-state index contributed by atoms with van der Waals surface area (Å²) in [7, 11) is -3.62. The quantitative estimate of drug-likeness (QED) is 0.534. The number of ether oxygens (including phenoxy) is 1. The van der Waals surface area contributed by atoms with Gasteiger partial charge in [0.15, 0.2) is 9.84 Å². The molecule has 2 aromatic rings. The van der Waals surface area contributed by atoms with Gasteiger partial charge in [-0.1, -0.05) is 28.1 Å². The van der Waals surface area contributed by atoms with Crippen molar-refractivity contribution in [2.75, 3.05) is 30.9 Å². The molecular formula is C17H17BrN2O5S. The minimum Gasteiger partial charge on any atom is -0.370 e. The second kappa shape index (κ2) is 7.34. The number of hydrogen-bond donors (Lipinski definition) is 0. The number of hydrogen-bond acceptors (Lipinski definition) is 6. The molecular weight excluding hydrogens is 424 g/mol. The molecule has 0 amide bonds. The van der Waals surface area contributed by atoms with E-state index in [1.807, 2.05) is 29.2 Å². The maximum atomic E-state index is 12.2. The molecule has 138 valence electrons. The molecule has 0 aromatic heterocycles. The maximum Gasteiger partial charge on any atom is 0.270 e. The Balaban J connectivity index is 1.96. The molecule has 0 radical (unpaired) electrons. The summed E-state index contributed by atoms with van der Waals surface area (Å²) in [5.74, 6) is 0. The van der Waals surface area contributed by atoms with Crippen LogP contribution in [-0.4, -0.2) is 39.3 Å². The number of morpholine rings is 1. The highest BCUT2D eigenvalue weighted by molar-refractivity contribution is 9.10. The number of non-ortho nitro benzene ring substituents is 1. The summed E-state index contributed by atoms with van der Waals surface area (Å²) in [5.41, 5.74) is 1.19. The average molecular weight is 441 g/mol. The van der Waals surface area contributed by atoms with Gasteiger partial charge in [-0.2, -0.15) is 0 Å². The van der Waals surface area contributed by atoms with Crippen molar-refractivity contribution in [1.82, 2.24) is 0 Å². The van der Waals surface area contributed by atoms with Crippen LogP contribution in [0.25, 0.3) is 0 Å². The van der Waals surface area contributed by atoms with Gasteiger partial charge >= 0.3 is 0 Å². The van der Waals surface area contributed by atoms with E-state index >= 15 is 0 Å². The van der Waals surface area contributed by atoms with E-state index in [0.29, 0.717) is 25.4 Å². The van der Waals surface area contributed by atoms with Crippen LogP contribution in [0.1, 0.15) is 11.7 Å². The summed E-state index contributed by atoms with van der Waals surface area (Å²) in [6.45, 7) is 1.39. The van der Waals surface area contributed by atoms with Crippen LogP contribution in [0.2, 0.25) is 0 Å². The Morgan fingerprint density at radius 1 is 1.27 bits per heavy atom. The molecule has 1 saturated heterocycles. The topological polar surface area (TPSA) is 89.8 Å². The van der Waals surface area contributed by atoms with E-state index in [2.05, 4.69) is 15.9 Å². The van der Waals surface area contributed by atoms with Gasteiger partial charge in [0, 0.05) is 36.0 Å². The molecule has 1 heterocycles. The molecule has 0 bridgehead atoms. The van der Waals surface area contributed by atoms with Gasteiger partial charge in [-0.3, -0.25) is 10.1 Å². The van der Waals surface area contributed by atoms with Crippen LogP contribution in [0, 0.1) is 10.1 Å². The van der Waals surface area contributed by atoms with Crippen molar-refractivity contribution < 1.29 is 18.1 Å². The van der Waals surface area contributed by atoms with E-state index in [0.717, 1.165) is 22.4 Å². The first-order valence-electron chi connectivity index (χ1n) is 7.86. The second-order valence-electron chi connectivity index (χ2n) is 6.04. The summed E-state index contributed by atoms with van der Waals surface area (Å²) in [6, 6.07) is 11.7. The van der Waals surface area contributed by atoms with Crippen molar-refractivity contribution in [2.45, 2.75) is 11.0 Å². The Labute approximate surface area is 159 Å². The summed E-state index contributed by atoms with van der Waals surface area (Å²) in [5, 5.41) is 11.0. The van der Waals surface area contributed by atoms with Crippen molar-refractivity contribution in [1.29, 1.82) is 0 Å². The minimum absolute atomic E-state index is 0.0402. The standard InChI is InChI=1S/C17H17BrN2O5S/c1-26(23,24)17-10-14(20(21)22)5-6-15(17)19-7-8-25-16(11-19)12-3-2-4-13(18)9-12/h2-6,9-10,16H,7-8,11H2,1H3. The Hall–Kier alpha value is -1.97. The SMILES string of the molecule is CS(=O)(=O)c1cc([N+](=O)[O-])ccc1N1CCOC(c2cccc(Br)c2)C1.